The number of morpholine rings is 1. The van der Waals surface area contributed by atoms with Gasteiger partial charge in [0.2, 0.25) is 0 Å². The fourth-order valence-corrected chi connectivity index (χ4v) is 1.73. The quantitative estimate of drug-likeness (QED) is 0.718. The number of carbonyl (C=O) groups excluding carboxylic acids is 2. The highest BCUT2D eigenvalue weighted by Gasteiger charge is 2.29. The molecule has 1 unspecified atom stereocenters. The number of ketones is 1. The first kappa shape index (κ1) is 12.4. The van der Waals surface area contributed by atoms with Crippen molar-refractivity contribution >= 4 is 27.8 Å². The molecule has 1 rings (SSSR count). The minimum Gasteiger partial charge on any atom is -0.453 e. The van der Waals surface area contributed by atoms with Gasteiger partial charge in [0, 0.05) is 13.0 Å². The van der Waals surface area contributed by atoms with Gasteiger partial charge in [0.1, 0.15) is 5.78 Å². The molecule has 1 amide bonds. The summed E-state index contributed by atoms with van der Waals surface area (Å²) in [6, 6.07) is -0.198. The van der Waals surface area contributed by atoms with Crippen molar-refractivity contribution in [1.82, 2.24) is 4.90 Å². The number of methoxy groups -OCH3 is 1. The Morgan fingerprint density at radius 1 is 1.60 bits per heavy atom. The average Bonchev–Trinajstić information content (AvgIpc) is 2.28. The molecular weight excluding hydrogens is 266 g/mol. The molecule has 1 fully saturated rings. The van der Waals surface area contributed by atoms with Crippen molar-refractivity contribution in [2.45, 2.75) is 12.5 Å². The molecule has 1 heterocycles. The van der Waals surface area contributed by atoms with Crippen LogP contribution in [0.4, 0.5) is 4.79 Å². The number of ether oxygens (including phenoxy) is 2. The Morgan fingerprint density at radius 3 is 2.93 bits per heavy atom. The molecule has 15 heavy (non-hydrogen) atoms. The lowest BCUT2D eigenvalue weighted by Crippen LogP contribution is -2.49. The van der Waals surface area contributed by atoms with E-state index in [2.05, 4.69) is 20.7 Å². The topological polar surface area (TPSA) is 55.8 Å². The average molecular weight is 280 g/mol. The first-order valence-electron chi connectivity index (χ1n) is 4.69. The van der Waals surface area contributed by atoms with Crippen LogP contribution in [0.3, 0.4) is 0 Å². The third-order valence-corrected chi connectivity index (χ3v) is 2.87. The monoisotopic (exact) mass is 279 g/mol. The lowest BCUT2D eigenvalue weighted by molar-refractivity contribution is -0.119. The normalized spacial score (nSPS) is 21.2. The van der Waals surface area contributed by atoms with Gasteiger partial charge in [0.25, 0.3) is 0 Å². The van der Waals surface area contributed by atoms with E-state index in [9.17, 15) is 9.59 Å². The molecule has 1 saturated heterocycles. The van der Waals surface area contributed by atoms with Crippen LogP contribution in [0.5, 0.6) is 0 Å². The van der Waals surface area contributed by atoms with Crippen molar-refractivity contribution in [3.05, 3.63) is 0 Å². The summed E-state index contributed by atoms with van der Waals surface area (Å²) in [6.07, 6.45) is -0.0916. The number of hydrogen-bond acceptors (Lipinski definition) is 4. The lowest BCUT2D eigenvalue weighted by Gasteiger charge is -2.33. The fraction of sp³-hybridized carbons (Fsp3) is 0.778. The predicted octanol–water partition coefficient (Wildman–Crippen LogP) is 0.808. The summed E-state index contributed by atoms with van der Waals surface area (Å²) in [5, 5.41) is 0.304. The molecule has 0 saturated carbocycles. The molecule has 1 aliphatic heterocycles. The lowest BCUT2D eigenvalue weighted by atomic mass is 10.1. The zero-order valence-corrected chi connectivity index (χ0v) is 10.2. The van der Waals surface area contributed by atoms with Gasteiger partial charge in [-0.2, -0.15) is 0 Å². The number of halogens is 1. The van der Waals surface area contributed by atoms with Crippen molar-refractivity contribution in [2.75, 3.05) is 32.2 Å². The van der Waals surface area contributed by atoms with E-state index in [1.54, 1.807) is 4.90 Å². The van der Waals surface area contributed by atoms with Gasteiger partial charge in [-0.15, -0.1) is 0 Å². The van der Waals surface area contributed by atoms with Crippen LogP contribution in [0.25, 0.3) is 0 Å². The number of amides is 1. The molecule has 0 aromatic rings. The van der Waals surface area contributed by atoms with Crippen LogP contribution >= 0.6 is 15.9 Å². The SMILES string of the molecule is COC(=O)N1CCOCC1CC(=O)CBr. The van der Waals surface area contributed by atoms with Crippen LogP contribution in [0.2, 0.25) is 0 Å². The van der Waals surface area contributed by atoms with Gasteiger partial charge in [-0.05, 0) is 0 Å². The van der Waals surface area contributed by atoms with Crippen LogP contribution < -0.4 is 0 Å². The minimum absolute atomic E-state index is 0.0550. The number of alkyl halides is 1. The van der Waals surface area contributed by atoms with Crippen LogP contribution in [0, 0.1) is 0 Å². The standard InChI is InChI=1S/C9H14BrNO4/c1-14-9(13)11-2-3-15-6-7(11)4-8(12)5-10/h7H,2-6H2,1H3. The summed E-state index contributed by atoms with van der Waals surface area (Å²) in [4.78, 5) is 24.2. The Hall–Kier alpha value is -0.620. The van der Waals surface area contributed by atoms with E-state index < -0.39 is 6.09 Å². The number of Topliss-reactive ketones (excluding diaryl/α,β-unsaturated/α-hetero) is 1. The molecule has 0 aliphatic carbocycles. The summed E-state index contributed by atoms with van der Waals surface area (Å²) in [7, 11) is 1.33. The summed E-state index contributed by atoms with van der Waals surface area (Å²) < 4.78 is 9.88. The van der Waals surface area contributed by atoms with Crippen LogP contribution in [-0.2, 0) is 14.3 Å². The Morgan fingerprint density at radius 2 is 2.33 bits per heavy atom. The van der Waals surface area contributed by atoms with Crippen molar-refractivity contribution < 1.29 is 19.1 Å². The second-order valence-corrected chi connectivity index (χ2v) is 3.83. The highest BCUT2D eigenvalue weighted by molar-refractivity contribution is 9.09. The summed E-state index contributed by atoms with van der Waals surface area (Å²) in [5.74, 6) is 0.0550. The number of carbonyl (C=O) groups is 2. The van der Waals surface area contributed by atoms with E-state index in [0.717, 1.165) is 0 Å². The van der Waals surface area contributed by atoms with Crippen molar-refractivity contribution in [3.8, 4) is 0 Å². The molecular formula is C9H14BrNO4. The third-order valence-electron chi connectivity index (χ3n) is 2.25. The summed E-state index contributed by atoms with van der Waals surface area (Å²) in [6.45, 7) is 1.37. The molecule has 6 heteroatoms. The Labute approximate surface area is 96.8 Å². The van der Waals surface area contributed by atoms with Gasteiger partial charge < -0.3 is 14.4 Å². The molecule has 0 aromatic carbocycles. The highest BCUT2D eigenvalue weighted by atomic mass is 79.9. The second kappa shape index (κ2) is 6.07. The van der Waals surface area contributed by atoms with Crippen molar-refractivity contribution in [2.24, 2.45) is 0 Å². The number of hydrogen-bond donors (Lipinski definition) is 0. The first-order valence-corrected chi connectivity index (χ1v) is 5.81. The molecule has 0 N–H and O–H groups in total. The molecule has 0 spiro atoms. The van der Waals surface area contributed by atoms with Gasteiger partial charge in [-0.25, -0.2) is 4.79 Å². The number of nitrogens with zero attached hydrogens (tertiary/aromatic N) is 1. The molecule has 0 aromatic heterocycles. The maximum atomic E-state index is 11.4. The minimum atomic E-state index is -0.398. The maximum absolute atomic E-state index is 11.4. The Kier molecular flexibility index (Phi) is 5.04. The first-order chi connectivity index (χ1) is 7.19. The van der Waals surface area contributed by atoms with Crippen molar-refractivity contribution in [1.29, 1.82) is 0 Å². The van der Waals surface area contributed by atoms with Crippen LogP contribution in [0.15, 0.2) is 0 Å². The van der Waals surface area contributed by atoms with Gasteiger partial charge in [0.05, 0.1) is 31.7 Å². The third kappa shape index (κ3) is 3.46. The van der Waals surface area contributed by atoms with Crippen LogP contribution in [0.1, 0.15) is 6.42 Å². The molecule has 0 bridgehead atoms. The number of rotatable bonds is 3. The molecule has 1 aliphatic rings. The van der Waals surface area contributed by atoms with Gasteiger partial charge >= 0.3 is 6.09 Å². The fourth-order valence-electron chi connectivity index (χ4n) is 1.50. The smallest absolute Gasteiger partial charge is 0.409 e. The molecule has 0 radical (unpaired) electrons. The Balaban J connectivity index is 2.57. The van der Waals surface area contributed by atoms with E-state index in [0.29, 0.717) is 31.5 Å². The van der Waals surface area contributed by atoms with E-state index in [-0.39, 0.29) is 11.8 Å². The highest BCUT2D eigenvalue weighted by Crippen LogP contribution is 2.12. The van der Waals surface area contributed by atoms with E-state index in [1.165, 1.54) is 7.11 Å². The zero-order valence-electron chi connectivity index (χ0n) is 8.57. The van der Waals surface area contributed by atoms with Gasteiger partial charge in [0.15, 0.2) is 0 Å². The molecule has 86 valence electrons. The largest absolute Gasteiger partial charge is 0.453 e. The van der Waals surface area contributed by atoms with Gasteiger partial charge in [-0.3, -0.25) is 4.79 Å². The van der Waals surface area contributed by atoms with E-state index in [1.807, 2.05) is 0 Å². The zero-order chi connectivity index (χ0) is 11.3. The molecule has 5 nitrogen and oxygen atoms in total. The molecule has 1 atom stereocenters. The maximum Gasteiger partial charge on any atom is 0.409 e. The predicted molar refractivity (Wildman–Crippen MR) is 57.1 cm³/mol. The van der Waals surface area contributed by atoms with Crippen molar-refractivity contribution in [3.63, 3.8) is 0 Å². The summed E-state index contributed by atoms with van der Waals surface area (Å²) in [5.41, 5.74) is 0. The summed E-state index contributed by atoms with van der Waals surface area (Å²) >= 11 is 3.09. The second-order valence-electron chi connectivity index (χ2n) is 3.27. The Bertz CT molecular complexity index is 246. The van der Waals surface area contributed by atoms with Gasteiger partial charge in [-0.1, -0.05) is 15.9 Å². The van der Waals surface area contributed by atoms with Crippen LogP contribution in [-0.4, -0.2) is 55.0 Å². The van der Waals surface area contributed by atoms with E-state index >= 15 is 0 Å². The van der Waals surface area contributed by atoms with E-state index in [4.69, 9.17) is 4.74 Å².